The molecule has 0 aliphatic rings. The summed E-state index contributed by atoms with van der Waals surface area (Å²) in [6, 6.07) is 9.16. The second-order valence-electron chi connectivity index (χ2n) is 7.40. The van der Waals surface area contributed by atoms with E-state index < -0.39 is 17.4 Å². The van der Waals surface area contributed by atoms with Gasteiger partial charge in [0.05, 0.1) is 12.9 Å². The average molecular weight is 439 g/mol. The number of aliphatic hydroxyl groups excluding tert-OH is 1. The van der Waals surface area contributed by atoms with Crippen molar-refractivity contribution in [2.24, 2.45) is 7.05 Å². The molecule has 0 saturated heterocycles. The predicted octanol–water partition coefficient (Wildman–Crippen LogP) is 0.562. The van der Waals surface area contributed by atoms with Gasteiger partial charge in [0, 0.05) is 32.5 Å². The third kappa shape index (κ3) is 4.72. The van der Waals surface area contributed by atoms with Gasteiger partial charge in [-0.3, -0.25) is 14.3 Å². The fourth-order valence-corrected chi connectivity index (χ4v) is 3.40. The lowest BCUT2D eigenvalue weighted by molar-refractivity contribution is 0.0938. The molecule has 4 aromatic rings. The van der Waals surface area contributed by atoms with Crippen molar-refractivity contribution in [3.63, 3.8) is 0 Å². The van der Waals surface area contributed by atoms with Crippen LogP contribution in [0.25, 0.3) is 11.2 Å². The highest BCUT2D eigenvalue weighted by Gasteiger charge is 2.19. The number of aryl methyl sites for hydroxylation is 2. The van der Waals surface area contributed by atoms with E-state index in [1.54, 1.807) is 29.2 Å². The van der Waals surface area contributed by atoms with E-state index in [0.717, 1.165) is 13.0 Å². The van der Waals surface area contributed by atoms with Crippen molar-refractivity contribution < 1.29 is 9.84 Å². The van der Waals surface area contributed by atoms with Gasteiger partial charge in [0.15, 0.2) is 11.2 Å². The molecule has 0 aliphatic heterocycles. The van der Waals surface area contributed by atoms with Crippen LogP contribution in [-0.2, 0) is 20.1 Å². The molecule has 3 N–H and O–H groups in total. The standard InChI is InChI=1S/C21H25N7O4/c1-26-18-17(19(30)25-21(26)31)28(12-15(29)13-32-16-6-3-2-4-7-16)20(24-18)23-8-5-10-27-11-9-22-14-27/h2-4,6-7,9,11,14-15,29H,5,8,10,12-13H2,1H3,(H,23,24)(H,25,30,31)/t15-/m0/s1. The van der Waals surface area contributed by atoms with Crippen LogP contribution in [0, 0.1) is 0 Å². The number of aromatic amines is 1. The van der Waals surface area contributed by atoms with Crippen molar-refractivity contribution in [2.75, 3.05) is 18.5 Å². The second-order valence-corrected chi connectivity index (χ2v) is 7.40. The van der Waals surface area contributed by atoms with E-state index in [1.807, 2.05) is 29.0 Å². The second kappa shape index (κ2) is 9.52. The molecule has 1 aromatic carbocycles. The van der Waals surface area contributed by atoms with Gasteiger partial charge in [-0.1, -0.05) is 18.2 Å². The van der Waals surface area contributed by atoms with Gasteiger partial charge in [-0.25, -0.2) is 9.78 Å². The Morgan fingerprint density at radius 3 is 2.81 bits per heavy atom. The summed E-state index contributed by atoms with van der Waals surface area (Å²) >= 11 is 0. The minimum atomic E-state index is -0.907. The summed E-state index contributed by atoms with van der Waals surface area (Å²) in [7, 11) is 1.54. The van der Waals surface area contributed by atoms with Crippen molar-refractivity contribution >= 4 is 17.1 Å². The van der Waals surface area contributed by atoms with Crippen molar-refractivity contribution in [1.82, 2.24) is 28.7 Å². The maximum atomic E-state index is 12.6. The monoisotopic (exact) mass is 439 g/mol. The van der Waals surface area contributed by atoms with E-state index >= 15 is 0 Å². The molecule has 11 nitrogen and oxygen atoms in total. The van der Waals surface area contributed by atoms with Gasteiger partial charge in [0.1, 0.15) is 18.5 Å². The van der Waals surface area contributed by atoms with E-state index in [9.17, 15) is 14.7 Å². The van der Waals surface area contributed by atoms with Crippen LogP contribution in [0.2, 0.25) is 0 Å². The summed E-state index contributed by atoms with van der Waals surface area (Å²) in [4.78, 5) is 35.3. The molecule has 32 heavy (non-hydrogen) atoms. The van der Waals surface area contributed by atoms with Gasteiger partial charge in [-0.05, 0) is 18.6 Å². The van der Waals surface area contributed by atoms with Crippen LogP contribution in [0.3, 0.4) is 0 Å². The SMILES string of the molecule is Cn1c(=O)[nH]c(=O)c2c1nc(NCCCn1ccnc1)n2C[C@H](O)COc1ccccc1. The number of nitrogens with one attached hydrogen (secondary N) is 2. The number of rotatable bonds is 10. The number of anilines is 1. The fraction of sp³-hybridized carbons (Fsp3) is 0.333. The Kier molecular flexibility index (Phi) is 6.36. The molecule has 3 heterocycles. The summed E-state index contributed by atoms with van der Waals surface area (Å²) in [5.41, 5.74) is -0.653. The van der Waals surface area contributed by atoms with Crippen molar-refractivity contribution in [3.05, 3.63) is 69.9 Å². The highest BCUT2D eigenvalue weighted by molar-refractivity contribution is 5.74. The summed E-state index contributed by atoms with van der Waals surface area (Å²) in [6.07, 6.45) is 5.23. The number of benzene rings is 1. The molecular weight excluding hydrogens is 414 g/mol. The Labute approximate surface area is 182 Å². The average Bonchev–Trinajstić information content (AvgIpc) is 3.43. The first-order valence-electron chi connectivity index (χ1n) is 10.3. The molecular formula is C21H25N7O4. The van der Waals surface area contributed by atoms with E-state index in [-0.39, 0.29) is 24.3 Å². The number of hydrogen-bond donors (Lipinski definition) is 3. The van der Waals surface area contributed by atoms with Gasteiger partial charge in [-0.2, -0.15) is 4.98 Å². The first kappa shape index (κ1) is 21.4. The molecule has 3 aromatic heterocycles. The Hall–Kier alpha value is -3.86. The van der Waals surface area contributed by atoms with Gasteiger partial charge >= 0.3 is 5.69 Å². The van der Waals surface area contributed by atoms with Crippen LogP contribution in [-0.4, -0.2) is 53.0 Å². The van der Waals surface area contributed by atoms with Gasteiger partial charge in [0.2, 0.25) is 5.95 Å². The summed E-state index contributed by atoms with van der Waals surface area (Å²) in [5.74, 6) is 1.04. The summed E-state index contributed by atoms with van der Waals surface area (Å²) in [5, 5.41) is 13.8. The smallest absolute Gasteiger partial charge is 0.329 e. The molecule has 1 atom stereocenters. The zero-order valence-electron chi connectivity index (χ0n) is 17.6. The molecule has 0 saturated carbocycles. The Balaban J connectivity index is 1.53. The van der Waals surface area contributed by atoms with Gasteiger partial charge in [0.25, 0.3) is 5.56 Å². The fourth-order valence-electron chi connectivity index (χ4n) is 3.40. The zero-order chi connectivity index (χ0) is 22.5. The highest BCUT2D eigenvalue weighted by Crippen LogP contribution is 2.17. The van der Waals surface area contributed by atoms with Crippen molar-refractivity contribution in [3.8, 4) is 5.75 Å². The van der Waals surface area contributed by atoms with Crippen LogP contribution in [0.15, 0.2) is 58.6 Å². The number of ether oxygens (including phenoxy) is 1. The van der Waals surface area contributed by atoms with Gasteiger partial charge in [-0.15, -0.1) is 0 Å². The lowest BCUT2D eigenvalue weighted by Crippen LogP contribution is -2.31. The molecule has 0 fully saturated rings. The molecule has 0 aliphatic carbocycles. The number of aromatic nitrogens is 6. The molecule has 0 radical (unpaired) electrons. The number of fused-ring (bicyclic) bond motifs is 1. The van der Waals surface area contributed by atoms with E-state index in [4.69, 9.17) is 4.74 Å². The normalized spacial score (nSPS) is 12.2. The molecule has 0 bridgehead atoms. The molecule has 168 valence electrons. The number of imidazole rings is 2. The zero-order valence-corrected chi connectivity index (χ0v) is 17.6. The number of para-hydroxylation sites is 1. The molecule has 11 heteroatoms. The quantitative estimate of drug-likeness (QED) is 0.308. The third-order valence-corrected chi connectivity index (χ3v) is 5.02. The highest BCUT2D eigenvalue weighted by atomic mass is 16.5. The van der Waals surface area contributed by atoms with Crippen molar-refractivity contribution in [2.45, 2.75) is 25.6 Å². The number of hydrogen-bond acceptors (Lipinski definition) is 7. The van der Waals surface area contributed by atoms with E-state index in [2.05, 4.69) is 20.3 Å². The number of aliphatic hydroxyl groups is 1. The Morgan fingerprint density at radius 1 is 1.25 bits per heavy atom. The largest absolute Gasteiger partial charge is 0.491 e. The van der Waals surface area contributed by atoms with Crippen LogP contribution >= 0.6 is 0 Å². The summed E-state index contributed by atoms with van der Waals surface area (Å²) in [6.45, 7) is 1.44. The topological polar surface area (TPSA) is 132 Å². The first-order chi connectivity index (χ1) is 15.5. The minimum Gasteiger partial charge on any atom is -0.491 e. The molecule has 0 spiro atoms. The number of H-pyrrole nitrogens is 1. The summed E-state index contributed by atoms with van der Waals surface area (Å²) < 4.78 is 10.5. The Bertz CT molecular complexity index is 1280. The Morgan fingerprint density at radius 2 is 2.06 bits per heavy atom. The molecule has 0 unspecified atom stereocenters. The van der Waals surface area contributed by atoms with Gasteiger partial charge < -0.3 is 24.3 Å². The maximum absolute atomic E-state index is 12.6. The van der Waals surface area contributed by atoms with Crippen LogP contribution in [0.4, 0.5) is 5.95 Å². The lowest BCUT2D eigenvalue weighted by atomic mass is 10.3. The van der Waals surface area contributed by atoms with Crippen LogP contribution in [0.1, 0.15) is 6.42 Å². The van der Waals surface area contributed by atoms with Crippen LogP contribution < -0.4 is 21.3 Å². The molecule has 4 rings (SSSR count). The predicted molar refractivity (Wildman–Crippen MR) is 119 cm³/mol. The lowest BCUT2D eigenvalue weighted by Gasteiger charge is -2.16. The van der Waals surface area contributed by atoms with E-state index in [1.165, 1.54) is 11.6 Å². The first-order valence-corrected chi connectivity index (χ1v) is 10.3. The molecule has 0 amide bonds. The van der Waals surface area contributed by atoms with E-state index in [0.29, 0.717) is 18.2 Å². The third-order valence-electron chi connectivity index (χ3n) is 5.02. The van der Waals surface area contributed by atoms with Crippen molar-refractivity contribution in [1.29, 1.82) is 0 Å². The number of nitrogens with zero attached hydrogens (tertiary/aromatic N) is 5. The van der Waals surface area contributed by atoms with Crippen LogP contribution in [0.5, 0.6) is 5.75 Å². The maximum Gasteiger partial charge on any atom is 0.329 e. The minimum absolute atomic E-state index is 0.0351.